The molecule has 1 heterocycles. The van der Waals surface area contributed by atoms with E-state index in [0.29, 0.717) is 10.6 Å². The van der Waals surface area contributed by atoms with E-state index in [2.05, 4.69) is 6.07 Å². The fraction of sp³-hybridized carbons (Fsp3) is 0.238. The maximum Gasteiger partial charge on any atom is 0.339 e. The van der Waals surface area contributed by atoms with Crippen LogP contribution in [0.5, 0.6) is 0 Å². The van der Waals surface area contributed by atoms with Crippen LogP contribution in [0.1, 0.15) is 35.3 Å². The molecule has 0 amide bonds. The Morgan fingerprint density at radius 3 is 2.40 bits per heavy atom. The second-order valence-electron chi connectivity index (χ2n) is 6.49. The molecule has 3 aromatic rings. The number of carbonyl (C=O) groups is 1. The van der Waals surface area contributed by atoms with Crippen molar-refractivity contribution in [3.05, 3.63) is 64.2 Å². The molecule has 4 heteroatoms. The van der Waals surface area contributed by atoms with Gasteiger partial charge in [-0.15, -0.1) is 0 Å². The third-order valence-corrected chi connectivity index (χ3v) is 4.20. The second kappa shape index (κ2) is 6.85. The van der Waals surface area contributed by atoms with Crippen LogP contribution in [-0.2, 0) is 4.74 Å². The molecule has 0 N–H and O–H groups in total. The molecule has 0 bridgehead atoms. The summed E-state index contributed by atoms with van der Waals surface area (Å²) in [6.45, 7) is 7.71. The van der Waals surface area contributed by atoms with E-state index in [1.807, 2.05) is 58.0 Å². The number of hydrogen-bond acceptors (Lipinski definition) is 3. The van der Waals surface area contributed by atoms with Crippen molar-refractivity contribution < 1.29 is 9.53 Å². The fourth-order valence-electron chi connectivity index (χ4n) is 2.90. The minimum absolute atomic E-state index is 0.180. The van der Waals surface area contributed by atoms with Gasteiger partial charge in [0.25, 0.3) is 0 Å². The molecular weight excluding hydrogens is 334 g/mol. The Morgan fingerprint density at radius 2 is 1.76 bits per heavy atom. The van der Waals surface area contributed by atoms with Crippen molar-refractivity contribution in [2.75, 3.05) is 0 Å². The quantitative estimate of drug-likeness (QED) is 0.564. The number of aromatic nitrogens is 1. The number of benzene rings is 2. The highest BCUT2D eigenvalue weighted by Gasteiger charge is 2.17. The Bertz CT molecular complexity index is 946. The number of ether oxygens (including phenoxy) is 1. The molecule has 0 fully saturated rings. The van der Waals surface area contributed by atoms with E-state index in [-0.39, 0.29) is 12.1 Å². The number of rotatable bonds is 3. The summed E-state index contributed by atoms with van der Waals surface area (Å²) in [5, 5.41) is 1.48. The molecule has 128 valence electrons. The first-order chi connectivity index (χ1) is 11.8. The molecule has 0 aliphatic heterocycles. The third-order valence-electron chi connectivity index (χ3n) is 3.95. The lowest BCUT2D eigenvalue weighted by Gasteiger charge is -2.14. The monoisotopic (exact) mass is 353 g/mol. The third kappa shape index (κ3) is 3.67. The first kappa shape index (κ1) is 17.4. The average Bonchev–Trinajstić information content (AvgIpc) is 2.54. The summed E-state index contributed by atoms with van der Waals surface area (Å²) in [6, 6.07) is 13.3. The van der Waals surface area contributed by atoms with E-state index in [1.165, 1.54) is 0 Å². The molecule has 3 rings (SSSR count). The summed E-state index contributed by atoms with van der Waals surface area (Å²) < 4.78 is 5.45. The zero-order valence-corrected chi connectivity index (χ0v) is 15.5. The molecule has 0 unspecified atom stereocenters. The zero-order chi connectivity index (χ0) is 18.1. The molecule has 0 saturated heterocycles. The summed E-state index contributed by atoms with van der Waals surface area (Å²) in [6.07, 6.45) is -0.180. The maximum absolute atomic E-state index is 12.7. The lowest BCUT2D eigenvalue weighted by atomic mass is 10.00. The van der Waals surface area contributed by atoms with Gasteiger partial charge in [0, 0.05) is 16.0 Å². The van der Waals surface area contributed by atoms with E-state index in [1.54, 1.807) is 6.07 Å². The first-order valence-electron chi connectivity index (χ1n) is 8.24. The number of carbonyl (C=O) groups excluding carboxylic acids is 1. The molecule has 3 nitrogen and oxygen atoms in total. The highest BCUT2D eigenvalue weighted by atomic mass is 35.5. The Balaban J connectivity index is 2.26. The van der Waals surface area contributed by atoms with Crippen LogP contribution in [0.4, 0.5) is 0 Å². The average molecular weight is 354 g/mol. The number of fused-ring (bicyclic) bond motifs is 1. The predicted molar refractivity (Wildman–Crippen MR) is 102 cm³/mol. The predicted octanol–water partition coefficient (Wildman–Crippen LogP) is 5.74. The SMILES string of the molecule is Cc1cc(C)c2nc(-c3ccc(Cl)cc3)cc(C(=O)OC(C)C)c2c1. The highest BCUT2D eigenvalue weighted by molar-refractivity contribution is 6.30. The van der Waals surface area contributed by atoms with Crippen LogP contribution < -0.4 is 0 Å². The van der Waals surface area contributed by atoms with E-state index in [9.17, 15) is 4.79 Å². The van der Waals surface area contributed by atoms with Crippen LogP contribution in [0, 0.1) is 13.8 Å². The van der Waals surface area contributed by atoms with Gasteiger partial charge in [-0.2, -0.15) is 0 Å². The fourth-order valence-corrected chi connectivity index (χ4v) is 3.02. The van der Waals surface area contributed by atoms with Crippen molar-refractivity contribution in [3.8, 4) is 11.3 Å². The Kier molecular flexibility index (Phi) is 4.78. The van der Waals surface area contributed by atoms with Gasteiger partial charge in [-0.3, -0.25) is 0 Å². The number of pyridine rings is 1. The van der Waals surface area contributed by atoms with Gasteiger partial charge in [0.15, 0.2) is 0 Å². The van der Waals surface area contributed by atoms with Crippen molar-refractivity contribution in [2.45, 2.75) is 33.8 Å². The van der Waals surface area contributed by atoms with Gasteiger partial charge in [-0.05, 0) is 57.5 Å². The van der Waals surface area contributed by atoms with Gasteiger partial charge in [-0.25, -0.2) is 9.78 Å². The molecular formula is C21H20ClNO2. The van der Waals surface area contributed by atoms with Gasteiger partial charge in [0.05, 0.1) is 22.9 Å². The lowest BCUT2D eigenvalue weighted by Crippen LogP contribution is -2.13. The largest absolute Gasteiger partial charge is 0.459 e. The van der Waals surface area contributed by atoms with Crippen LogP contribution in [-0.4, -0.2) is 17.1 Å². The van der Waals surface area contributed by atoms with Gasteiger partial charge in [0.1, 0.15) is 0 Å². The summed E-state index contributed by atoms with van der Waals surface area (Å²) in [4.78, 5) is 17.4. The normalized spacial score (nSPS) is 11.1. The number of halogens is 1. The van der Waals surface area contributed by atoms with E-state index >= 15 is 0 Å². The van der Waals surface area contributed by atoms with Crippen LogP contribution in [0.15, 0.2) is 42.5 Å². The molecule has 0 radical (unpaired) electrons. The van der Waals surface area contributed by atoms with Gasteiger partial charge >= 0.3 is 5.97 Å². The molecule has 0 saturated carbocycles. The van der Waals surface area contributed by atoms with Crippen LogP contribution in [0.3, 0.4) is 0 Å². The number of hydrogen-bond donors (Lipinski definition) is 0. The minimum Gasteiger partial charge on any atom is -0.459 e. The Morgan fingerprint density at radius 1 is 1.08 bits per heavy atom. The molecule has 1 aromatic heterocycles. The second-order valence-corrected chi connectivity index (χ2v) is 6.93. The maximum atomic E-state index is 12.7. The Labute approximate surface area is 152 Å². The van der Waals surface area contributed by atoms with E-state index < -0.39 is 0 Å². The summed E-state index contributed by atoms with van der Waals surface area (Å²) in [5.41, 5.74) is 5.11. The highest BCUT2D eigenvalue weighted by Crippen LogP contribution is 2.29. The van der Waals surface area contributed by atoms with Crippen molar-refractivity contribution in [1.82, 2.24) is 4.98 Å². The van der Waals surface area contributed by atoms with Crippen molar-refractivity contribution in [3.63, 3.8) is 0 Å². The molecule has 0 aliphatic rings. The first-order valence-corrected chi connectivity index (χ1v) is 8.62. The van der Waals surface area contributed by atoms with E-state index in [0.717, 1.165) is 33.3 Å². The van der Waals surface area contributed by atoms with Crippen LogP contribution >= 0.6 is 11.6 Å². The smallest absolute Gasteiger partial charge is 0.339 e. The lowest BCUT2D eigenvalue weighted by molar-refractivity contribution is 0.0380. The molecule has 2 aromatic carbocycles. The van der Waals surface area contributed by atoms with Gasteiger partial charge < -0.3 is 4.74 Å². The van der Waals surface area contributed by atoms with Crippen LogP contribution in [0.2, 0.25) is 5.02 Å². The number of esters is 1. The molecule has 25 heavy (non-hydrogen) atoms. The standard InChI is InChI=1S/C21H20ClNO2/c1-12(2)25-21(24)18-11-19(15-5-7-16(22)8-6-15)23-20-14(4)9-13(3)10-17(18)20/h5-12H,1-4H3. The van der Waals surface area contributed by atoms with Gasteiger partial charge in [0.2, 0.25) is 0 Å². The molecule has 0 aliphatic carbocycles. The number of aryl methyl sites for hydroxylation is 2. The number of nitrogens with zero attached hydrogens (tertiary/aromatic N) is 1. The topological polar surface area (TPSA) is 39.2 Å². The minimum atomic E-state index is -0.331. The van der Waals surface area contributed by atoms with Crippen LogP contribution in [0.25, 0.3) is 22.2 Å². The van der Waals surface area contributed by atoms with Crippen molar-refractivity contribution in [2.24, 2.45) is 0 Å². The Hall–Kier alpha value is -2.39. The van der Waals surface area contributed by atoms with Gasteiger partial charge in [-0.1, -0.05) is 35.4 Å². The van der Waals surface area contributed by atoms with E-state index in [4.69, 9.17) is 21.3 Å². The van der Waals surface area contributed by atoms with Crippen molar-refractivity contribution >= 4 is 28.5 Å². The summed E-state index contributed by atoms with van der Waals surface area (Å²) in [7, 11) is 0. The molecule has 0 atom stereocenters. The zero-order valence-electron chi connectivity index (χ0n) is 14.8. The summed E-state index contributed by atoms with van der Waals surface area (Å²) >= 11 is 5.98. The molecule has 0 spiro atoms. The summed E-state index contributed by atoms with van der Waals surface area (Å²) in [5.74, 6) is -0.331. The van der Waals surface area contributed by atoms with Crippen molar-refractivity contribution in [1.29, 1.82) is 0 Å².